The number of methoxy groups -OCH3 is 3. The van der Waals surface area contributed by atoms with E-state index in [-0.39, 0.29) is 47.6 Å². The van der Waals surface area contributed by atoms with Gasteiger partial charge in [0.1, 0.15) is 54.1 Å². The Bertz CT molecular complexity index is 4030. The van der Waals surface area contributed by atoms with E-state index in [1.807, 2.05) is 84.9 Å². The fourth-order valence-electron chi connectivity index (χ4n) is 10.7. The molecule has 0 radical (unpaired) electrons. The highest BCUT2D eigenvalue weighted by atomic mass is 31.2. The lowest BCUT2D eigenvalue weighted by molar-refractivity contribution is -0.0961. The number of hydrogen-bond acceptors (Lipinski definition) is 19. The number of esters is 1. The molecule has 88 heavy (non-hydrogen) atoms. The molecule has 5 heterocycles. The van der Waals surface area contributed by atoms with Crippen molar-refractivity contribution in [1.82, 2.24) is 29.1 Å². The molecular weight excluding hydrogens is 1150 g/mol. The number of H-pyrrole nitrogens is 1. The number of fused-ring (bicyclic) bond motifs is 1. The molecule has 8 atom stereocenters. The normalized spacial score (nSPS) is 19.8. The predicted molar refractivity (Wildman–Crippen MR) is 318 cm³/mol. The maximum Gasteiger partial charge on any atom is 0.475 e. The maximum absolute atomic E-state index is 15.7. The summed E-state index contributed by atoms with van der Waals surface area (Å²) in [7, 11) is -0.437. The third kappa shape index (κ3) is 12.8. The maximum atomic E-state index is 15.7. The number of benzene rings is 6. The first-order chi connectivity index (χ1) is 42.9. The Morgan fingerprint density at radius 3 is 1.95 bits per heavy atom. The average Bonchev–Trinajstić information content (AvgIpc) is 1.45. The Labute approximate surface area is 503 Å². The number of phosphoric ester groups is 1. The van der Waals surface area contributed by atoms with Crippen LogP contribution in [0.4, 0.5) is 5.82 Å². The van der Waals surface area contributed by atoms with Crippen LogP contribution in [0.25, 0.3) is 22.3 Å². The van der Waals surface area contributed by atoms with Gasteiger partial charge in [-0.1, -0.05) is 121 Å². The lowest BCUT2D eigenvalue weighted by atomic mass is 9.80. The van der Waals surface area contributed by atoms with Crippen LogP contribution in [-0.2, 0) is 47.4 Å². The molecule has 6 aromatic carbocycles. The van der Waals surface area contributed by atoms with Gasteiger partial charge in [0.2, 0.25) is 0 Å². The molecule has 450 valence electrons. The van der Waals surface area contributed by atoms with E-state index in [1.54, 1.807) is 105 Å². The van der Waals surface area contributed by atoms with E-state index in [0.717, 1.165) is 0 Å². The van der Waals surface area contributed by atoms with Gasteiger partial charge in [0.15, 0.2) is 29.3 Å². The number of rotatable bonds is 24. The molecule has 0 saturated carbocycles. The van der Waals surface area contributed by atoms with Gasteiger partial charge >= 0.3 is 19.5 Å². The van der Waals surface area contributed by atoms with Crippen LogP contribution < -0.4 is 26.0 Å². The highest BCUT2D eigenvalue weighted by molar-refractivity contribution is 7.48. The van der Waals surface area contributed by atoms with Crippen molar-refractivity contribution in [2.24, 2.45) is 0 Å². The number of carbonyl (C=O) groups excluding carboxylic acids is 2. The number of nitriles is 1. The summed E-state index contributed by atoms with van der Waals surface area (Å²) < 4.78 is 81.4. The smallest absolute Gasteiger partial charge is 0.475 e. The zero-order chi connectivity index (χ0) is 61.2. The Balaban J connectivity index is 0.952. The third-order valence-corrected chi connectivity index (χ3v) is 16.5. The molecule has 0 bridgehead atoms. The van der Waals surface area contributed by atoms with Gasteiger partial charge in [-0.25, -0.2) is 29.1 Å². The molecule has 9 aromatic rings. The van der Waals surface area contributed by atoms with Crippen LogP contribution >= 0.6 is 7.82 Å². The Morgan fingerprint density at radius 1 is 0.716 bits per heavy atom. The highest BCUT2D eigenvalue weighted by Gasteiger charge is 2.52. The van der Waals surface area contributed by atoms with E-state index < -0.39 is 92.7 Å². The summed E-state index contributed by atoms with van der Waals surface area (Å²) in [4.78, 5) is 70.4. The summed E-state index contributed by atoms with van der Waals surface area (Å²) in [6.45, 7) is -1.42. The van der Waals surface area contributed by atoms with E-state index in [4.69, 9.17) is 46.7 Å². The van der Waals surface area contributed by atoms with Crippen LogP contribution in [0.15, 0.2) is 198 Å². The molecular formula is C64H59N8O15P. The Hall–Kier alpha value is -9.47. The van der Waals surface area contributed by atoms with Crippen LogP contribution in [-0.4, -0.2) is 113 Å². The fraction of sp³-hybridized carbons (Fsp3) is 0.250. The Kier molecular flexibility index (Phi) is 18.5. The van der Waals surface area contributed by atoms with Gasteiger partial charge in [-0.3, -0.25) is 37.3 Å². The first-order valence-electron chi connectivity index (χ1n) is 27.9. The standard InChI is InChI=1S/C64H59N8O15P/c1-78-47-29-25-45(26-30-47)64(44-23-14-7-15-24-44,46-27-31-48(79-2)32-28-46)81-37-51-50(35-53(84-51)71-36-49(60(74)70-63(71)76)41-17-8-4-9-18-41)87-88(77,82-34-16-33-65)83-38-52-55(86-62(75)43-21-12-6-13-22-43)56(80-3)61(85-52)72-40-68-54-57(66-39-67-58(54)72)69-59(73)42-19-10-5-11-20-42/h4-15,17-32,36,39-40,50-53,55-56,61H,16,34-35,37-38H2,1-3H3,(H,70,74,76)(H,66,67,69,73)/t50?,51-,52-,53-,55+,56?,61-,88?/m1/s1. The van der Waals surface area contributed by atoms with Gasteiger partial charge in [0.25, 0.3) is 11.5 Å². The third-order valence-electron chi connectivity index (χ3n) is 15.0. The number of imidazole rings is 1. The van der Waals surface area contributed by atoms with Crippen molar-refractivity contribution in [1.29, 1.82) is 5.26 Å². The van der Waals surface area contributed by atoms with Gasteiger partial charge in [-0.05, 0) is 70.8 Å². The number of aromatic amines is 1. The Morgan fingerprint density at radius 2 is 1.33 bits per heavy atom. The summed E-state index contributed by atoms with van der Waals surface area (Å²) >= 11 is 0. The molecule has 2 fully saturated rings. The van der Waals surface area contributed by atoms with Crippen molar-refractivity contribution in [2.45, 2.75) is 61.4 Å². The summed E-state index contributed by atoms with van der Waals surface area (Å²) in [6.07, 6.45) is -5.05. The molecule has 0 aliphatic carbocycles. The van der Waals surface area contributed by atoms with Crippen LogP contribution in [0.5, 0.6) is 11.5 Å². The second kappa shape index (κ2) is 27.1. The van der Waals surface area contributed by atoms with Gasteiger partial charge in [-0.15, -0.1) is 0 Å². The fourth-order valence-corrected chi connectivity index (χ4v) is 12.1. The number of phosphoric acid groups is 1. The molecule has 2 N–H and O–H groups in total. The largest absolute Gasteiger partial charge is 0.497 e. The number of ether oxygens (including phenoxy) is 7. The van der Waals surface area contributed by atoms with Crippen LogP contribution in [0.1, 0.15) is 62.7 Å². The summed E-state index contributed by atoms with van der Waals surface area (Å²) in [5.41, 5.74) is 0.844. The molecule has 11 rings (SSSR count). The monoisotopic (exact) mass is 1210 g/mol. The van der Waals surface area contributed by atoms with Gasteiger partial charge in [-0.2, -0.15) is 5.26 Å². The summed E-state index contributed by atoms with van der Waals surface area (Å²) in [5, 5.41) is 12.5. The number of hydrogen-bond donors (Lipinski definition) is 2. The first kappa shape index (κ1) is 60.2. The molecule has 2 aliphatic heterocycles. The van der Waals surface area contributed by atoms with Gasteiger partial charge < -0.3 is 38.5 Å². The number of nitrogens with one attached hydrogen (secondary N) is 2. The number of aromatic nitrogens is 6. The summed E-state index contributed by atoms with van der Waals surface area (Å²) in [5.74, 6) is 0.0765. The van der Waals surface area contributed by atoms with Crippen molar-refractivity contribution >= 4 is 36.7 Å². The van der Waals surface area contributed by atoms with Gasteiger partial charge in [0, 0.05) is 25.3 Å². The minimum Gasteiger partial charge on any atom is -0.497 e. The van der Waals surface area contributed by atoms with Crippen molar-refractivity contribution in [2.75, 3.05) is 46.5 Å². The van der Waals surface area contributed by atoms with Crippen molar-refractivity contribution in [3.63, 3.8) is 0 Å². The minimum atomic E-state index is -4.95. The molecule has 2 aliphatic rings. The zero-order valence-electron chi connectivity index (χ0n) is 47.7. The summed E-state index contributed by atoms with van der Waals surface area (Å²) in [6, 6.07) is 51.7. The quantitative estimate of drug-likeness (QED) is 0.0247. The lowest BCUT2D eigenvalue weighted by Crippen LogP contribution is -2.40. The second-order valence-electron chi connectivity index (χ2n) is 20.3. The van der Waals surface area contributed by atoms with E-state index in [9.17, 15) is 24.4 Å². The molecule has 0 spiro atoms. The number of nitrogens with zero attached hydrogens (tertiary/aromatic N) is 6. The highest BCUT2D eigenvalue weighted by Crippen LogP contribution is 2.54. The van der Waals surface area contributed by atoms with E-state index in [1.165, 1.54) is 35.1 Å². The zero-order valence-corrected chi connectivity index (χ0v) is 48.6. The first-order valence-corrected chi connectivity index (χ1v) is 29.4. The van der Waals surface area contributed by atoms with Crippen LogP contribution in [0.2, 0.25) is 0 Å². The molecule has 23 nitrogen and oxygen atoms in total. The van der Waals surface area contributed by atoms with Crippen LogP contribution in [0, 0.1) is 11.3 Å². The minimum absolute atomic E-state index is 0.0974. The van der Waals surface area contributed by atoms with E-state index in [0.29, 0.717) is 39.3 Å². The van der Waals surface area contributed by atoms with E-state index in [2.05, 4.69) is 25.3 Å². The number of carbonyl (C=O) groups is 2. The van der Waals surface area contributed by atoms with Crippen molar-refractivity contribution < 1.29 is 60.9 Å². The molecule has 3 unspecified atom stereocenters. The molecule has 3 aromatic heterocycles. The van der Waals surface area contributed by atoms with E-state index >= 15 is 4.57 Å². The predicted octanol–water partition coefficient (Wildman–Crippen LogP) is 9.19. The molecule has 24 heteroatoms. The number of amides is 1. The van der Waals surface area contributed by atoms with Crippen molar-refractivity contribution in [3.05, 3.63) is 237 Å². The topological polar surface area (TPSA) is 278 Å². The SMILES string of the molecule is COc1ccc(C(OC[C@H]2O[C@@H](n3cc(-c4ccccc4)c(=O)[nH]c3=O)CC2OP(=O)(OCCC#N)OC[C@H]2O[C@@H](n3cnc4c(NC(=O)c5ccccc5)ncnc43)C(OC)[C@H]2OC(=O)c2ccccc2)(c2ccccc2)c2ccc(OC)cc2)cc1. The lowest BCUT2D eigenvalue weighted by Gasteiger charge is -2.37. The molecule has 2 saturated heterocycles. The molecule has 1 amide bonds. The number of anilines is 1. The van der Waals surface area contributed by atoms with Crippen LogP contribution in [0.3, 0.4) is 0 Å². The van der Waals surface area contributed by atoms with Crippen molar-refractivity contribution in [3.8, 4) is 28.7 Å². The average molecular weight is 1210 g/mol. The second-order valence-corrected chi connectivity index (χ2v) is 21.9. The van der Waals surface area contributed by atoms with Gasteiger partial charge in [0.05, 0.1) is 64.0 Å².